The van der Waals surface area contributed by atoms with Gasteiger partial charge in [-0.1, -0.05) is 4.53 Å². The van der Waals surface area contributed by atoms with Crippen molar-refractivity contribution in [3.8, 4) is 0 Å². The van der Waals surface area contributed by atoms with E-state index in [1.807, 2.05) is 0 Å². The van der Waals surface area contributed by atoms with E-state index >= 15 is 0 Å². The summed E-state index contributed by atoms with van der Waals surface area (Å²) in [6, 6.07) is 1.78. The predicted octanol–water partition coefficient (Wildman–Crippen LogP) is 0.340. The topological polar surface area (TPSA) is 46.0 Å². The summed E-state index contributed by atoms with van der Waals surface area (Å²) >= 11 is 0. The zero-order valence-electron chi connectivity index (χ0n) is 4.03. The predicted molar refractivity (Wildman–Crippen MR) is 25.4 cm³/mol. The van der Waals surface area contributed by atoms with Crippen molar-refractivity contribution in [2.45, 2.75) is 0 Å². The number of aromatic nitrogens is 2. The third kappa shape index (κ3) is 3.17. The van der Waals surface area contributed by atoms with Crippen LogP contribution in [-0.2, 0) is 0 Å². The molecule has 1 aromatic heterocycles. The highest BCUT2D eigenvalue weighted by Crippen LogP contribution is 1.66. The van der Waals surface area contributed by atoms with E-state index in [4.69, 9.17) is 9.84 Å². The molecule has 3 nitrogen and oxygen atoms in total. The molecule has 4 heteroatoms. The highest BCUT2D eigenvalue weighted by Gasteiger charge is 1.59. The maximum atomic E-state index is 8.50. The number of nitrogens with zero attached hydrogens (tertiary/aromatic N) is 2. The van der Waals surface area contributed by atoms with Gasteiger partial charge in [0.1, 0.15) is 6.33 Å². The second-order valence-corrected chi connectivity index (χ2v) is 0.904. The molecule has 0 aromatic carbocycles. The SMILES string of the molecule is OF.c1cncnc1. The monoisotopic (exact) mass is 116 g/mol. The van der Waals surface area contributed by atoms with Crippen molar-refractivity contribution < 1.29 is 9.84 Å². The molecule has 0 saturated heterocycles. The summed E-state index contributed by atoms with van der Waals surface area (Å²) in [6.07, 6.45) is 4.88. The number of halogens is 1. The minimum Gasteiger partial charge on any atom is -0.245 e. The van der Waals surface area contributed by atoms with Crippen molar-refractivity contribution >= 4 is 0 Å². The van der Waals surface area contributed by atoms with Gasteiger partial charge in [-0.05, 0) is 6.07 Å². The van der Waals surface area contributed by atoms with Gasteiger partial charge in [-0.15, -0.1) is 0 Å². The molecule has 0 amide bonds. The lowest BCUT2D eigenvalue weighted by atomic mass is 10.7. The molecule has 1 aromatic rings. The molecule has 0 spiro atoms. The molecule has 0 saturated carbocycles. The zero-order chi connectivity index (χ0) is 6.24. The van der Waals surface area contributed by atoms with Gasteiger partial charge in [0.25, 0.3) is 0 Å². The Morgan fingerprint density at radius 3 is 1.75 bits per heavy atom. The Labute approximate surface area is 45.7 Å². The summed E-state index contributed by atoms with van der Waals surface area (Å²) in [6.45, 7) is 0. The van der Waals surface area contributed by atoms with Gasteiger partial charge in [-0.3, -0.25) is 0 Å². The molecule has 0 unspecified atom stereocenters. The average molecular weight is 116 g/mol. The maximum absolute atomic E-state index is 8.50. The van der Waals surface area contributed by atoms with Crippen molar-refractivity contribution in [2.75, 3.05) is 0 Å². The Kier molecular flexibility index (Phi) is 5.20. The number of hydrogen-bond acceptors (Lipinski definition) is 3. The first-order chi connectivity index (χ1) is 4.00. The van der Waals surface area contributed by atoms with Gasteiger partial charge >= 0.3 is 0 Å². The fourth-order valence-corrected chi connectivity index (χ4v) is 0.253. The van der Waals surface area contributed by atoms with Gasteiger partial charge < -0.3 is 0 Å². The van der Waals surface area contributed by atoms with Crippen LogP contribution in [0.15, 0.2) is 24.8 Å². The summed E-state index contributed by atoms with van der Waals surface area (Å²) in [5.74, 6) is 0. The molecular formula is C4H5FN2O. The van der Waals surface area contributed by atoms with Crippen LogP contribution in [0.3, 0.4) is 0 Å². The molecule has 0 aliphatic heterocycles. The molecule has 0 bridgehead atoms. The Hall–Kier alpha value is -1.03. The Balaban J connectivity index is 0.000000222. The second kappa shape index (κ2) is 5.97. The van der Waals surface area contributed by atoms with E-state index in [1.54, 1.807) is 18.5 Å². The Morgan fingerprint density at radius 1 is 1.12 bits per heavy atom. The first-order valence-electron chi connectivity index (χ1n) is 1.87. The second-order valence-electron chi connectivity index (χ2n) is 0.904. The third-order valence-corrected chi connectivity index (χ3v) is 0.478. The lowest BCUT2D eigenvalue weighted by molar-refractivity contribution is -0.0441. The summed E-state index contributed by atoms with van der Waals surface area (Å²) in [5.41, 5.74) is 0. The van der Waals surface area contributed by atoms with Crippen molar-refractivity contribution in [1.29, 1.82) is 0 Å². The Bertz CT molecular complexity index is 86.0. The van der Waals surface area contributed by atoms with Gasteiger partial charge in [0.05, 0.1) is 0 Å². The van der Waals surface area contributed by atoms with Crippen LogP contribution in [0, 0.1) is 0 Å². The minimum atomic E-state index is 1.50. The van der Waals surface area contributed by atoms with Crippen molar-refractivity contribution in [3.63, 3.8) is 0 Å². The first kappa shape index (κ1) is 6.97. The largest absolute Gasteiger partial charge is 0.245 e. The van der Waals surface area contributed by atoms with Crippen molar-refractivity contribution in [3.05, 3.63) is 24.8 Å². The molecule has 0 fully saturated rings. The fourth-order valence-electron chi connectivity index (χ4n) is 0.253. The smallest absolute Gasteiger partial charge is 0.115 e. The molecule has 1 rings (SSSR count). The van der Waals surface area contributed by atoms with Crippen LogP contribution in [0.5, 0.6) is 0 Å². The molecule has 1 heterocycles. The normalized spacial score (nSPS) is 6.75. The van der Waals surface area contributed by atoms with Gasteiger partial charge in [-0.2, -0.15) is 0 Å². The molecule has 0 aliphatic rings. The molecule has 0 radical (unpaired) electrons. The van der Waals surface area contributed by atoms with E-state index in [1.165, 1.54) is 6.33 Å². The summed E-state index contributed by atoms with van der Waals surface area (Å²) in [7, 11) is 0. The van der Waals surface area contributed by atoms with Gasteiger partial charge in [0.15, 0.2) is 0 Å². The first-order valence-corrected chi connectivity index (χ1v) is 1.87. The number of rotatable bonds is 0. The van der Waals surface area contributed by atoms with Crippen LogP contribution in [0.25, 0.3) is 0 Å². The molecule has 0 aliphatic carbocycles. The van der Waals surface area contributed by atoms with E-state index in [0.29, 0.717) is 0 Å². The van der Waals surface area contributed by atoms with E-state index < -0.39 is 0 Å². The molecule has 8 heavy (non-hydrogen) atoms. The van der Waals surface area contributed by atoms with E-state index in [-0.39, 0.29) is 0 Å². The average Bonchev–Trinajstić information content (AvgIpc) is 1.96. The van der Waals surface area contributed by atoms with Crippen LogP contribution in [0.4, 0.5) is 4.53 Å². The molecule has 1 N–H and O–H groups in total. The highest BCUT2D eigenvalue weighted by molar-refractivity contribution is 4.74. The minimum absolute atomic E-state index is 1.50. The van der Waals surface area contributed by atoms with Crippen molar-refractivity contribution in [2.24, 2.45) is 0 Å². The highest BCUT2D eigenvalue weighted by atomic mass is 19.3. The van der Waals surface area contributed by atoms with Gasteiger partial charge in [0.2, 0.25) is 0 Å². The lowest BCUT2D eigenvalue weighted by Crippen LogP contribution is -1.66. The maximum Gasteiger partial charge on any atom is 0.115 e. The van der Waals surface area contributed by atoms with Crippen molar-refractivity contribution in [1.82, 2.24) is 9.97 Å². The van der Waals surface area contributed by atoms with Crippen LogP contribution in [-0.4, -0.2) is 15.3 Å². The van der Waals surface area contributed by atoms with Crippen LogP contribution >= 0.6 is 0 Å². The van der Waals surface area contributed by atoms with E-state index in [0.717, 1.165) is 0 Å². The summed E-state index contributed by atoms with van der Waals surface area (Å²) in [4.78, 5) is 7.35. The van der Waals surface area contributed by atoms with Crippen LogP contribution in [0.1, 0.15) is 0 Å². The zero-order valence-corrected chi connectivity index (χ0v) is 4.03. The van der Waals surface area contributed by atoms with Crippen LogP contribution < -0.4 is 0 Å². The van der Waals surface area contributed by atoms with Gasteiger partial charge in [-0.25, -0.2) is 15.3 Å². The third-order valence-electron chi connectivity index (χ3n) is 0.478. The Morgan fingerprint density at radius 2 is 1.62 bits per heavy atom. The van der Waals surface area contributed by atoms with E-state index in [9.17, 15) is 0 Å². The fraction of sp³-hybridized carbons (Fsp3) is 0. The van der Waals surface area contributed by atoms with Crippen LogP contribution in [0.2, 0.25) is 0 Å². The summed E-state index contributed by atoms with van der Waals surface area (Å²) < 4.78 is 8.50. The standard InChI is InChI=1S/C4H4N2.FHO/c1-2-5-4-6-3-1;1-2/h1-4H;2H. The summed E-state index contributed by atoms with van der Waals surface area (Å²) in [5, 5.41) is 5.50. The molecule has 0 atom stereocenters. The molecular weight excluding hydrogens is 111 g/mol. The quantitative estimate of drug-likeness (QED) is 0.531. The molecule has 44 valence electrons. The van der Waals surface area contributed by atoms with E-state index in [2.05, 4.69) is 9.97 Å². The lowest BCUT2D eigenvalue weighted by Gasteiger charge is -1.70. The number of hydrogen-bond donors (Lipinski definition) is 1. The van der Waals surface area contributed by atoms with Gasteiger partial charge in [0, 0.05) is 12.4 Å².